The summed E-state index contributed by atoms with van der Waals surface area (Å²) in [6.07, 6.45) is 16.5. The Labute approximate surface area is 154 Å². The topological polar surface area (TPSA) is 26.0 Å². The number of nitrogens with two attached hydrogens (primary N) is 1. The maximum absolute atomic E-state index is 5.92. The van der Waals surface area contributed by atoms with Gasteiger partial charge in [-0.15, -0.1) is 0 Å². The van der Waals surface area contributed by atoms with Crippen molar-refractivity contribution in [2.24, 2.45) is 5.73 Å². The zero-order chi connectivity index (χ0) is 15.1. The molecule has 0 saturated carbocycles. The van der Waals surface area contributed by atoms with Crippen LogP contribution in [0.2, 0.25) is 0 Å². The van der Waals surface area contributed by atoms with Crippen molar-refractivity contribution in [1.82, 2.24) is 0 Å². The normalized spacial score (nSPS) is 11.0. The Morgan fingerprint density at radius 1 is 0.714 bits per heavy atom. The van der Waals surface area contributed by atoms with Crippen LogP contribution >= 0.6 is 23.1 Å². The van der Waals surface area contributed by atoms with Gasteiger partial charge < -0.3 is 5.73 Å². The second-order valence-corrected chi connectivity index (χ2v) is 9.06. The first-order chi connectivity index (χ1) is 9.72. The van der Waals surface area contributed by atoms with Crippen LogP contribution in [0.3, 0.4) is 0 Å². The average molecular weight is 385 g/mol. The molecule has 21 heavy (non-hydrogen) atoms. The fourth-order valence-electron chi connectivity index (χ4n) is 2.50. The van der Waals surface area contributed by atoms with Gasteiger partial charge >= 0.3 is 0 Å². The molecule has 0 aromatic heterocycles. The molecule has 0 aliphatic carbocycles. The number of thiol groups is 1. The first-order valence-corrected chi connectivity index (χ1v) is 10.9. The summed E-state index contributed by atoms with van der Waals surface area (Å²) in [6.45, 7) is 4.54. The Bertz CT molecular complexity index is 209. The van der Waals surface area contributed by atoms with Crippen molar-refractivity contribution in [1.29, 1.82) is 0 Å². The van der Waals surface area contributed by atoms with Crippen molar-refractivity contribution < 1.29 is 19.5 Å². The molecule has 0 fully saturated rings. The van der Waals surface area contributed by atoms with E-state index in [0.29, 0.717) is 0 Å². The predicted octanol–water partition coefficient (Wildman–Crippen LogP) is 5.95. The molecule has 0 aliphatic rings. The first kappa shape index (κ1) is 24.1. The van der Waals surface area contributed by atoms with E-state index in [1.165, 1.54) is 88.6 Å². The molecule has 0 rings (SSSR count). The summed E-state index contributed by atoms with van der Waals surface area (Å²) < 4.78 is 0.821. The van der Waals surface area contributed by atoms with Crippen molar-refractivity contribution in [2.75, 3.05) is 11.5 Å². The second-order valence-electron chi connectivity index (χ2n) is 5.86. The van der Waals surface area contributed by atoms with Crippen LogP contribution in [0.25, 0.3) is 0 Å². The number of rotatable bonds is 14. The van der Waals surface area contributed by atoms with Gasteiger partial charge in [-0.1, -0.05) is 90.3 Å². The number of hydrogen-bond donors (Lipinski definition) is 2. The molecule has 1 nitrogen and oxygen atoms in total. The van der Waals surface area contributed by atoms with E-state index in [-0.39, 0.29) is 30.4 Å². The maximum Gasteiger partial charge on any atom is 0.111 e. The second kappa shape index (κ2) is 18.9. The zero-order valence-corrected chi connectivity index (χ0v) is 19.2. The fourth-order valence-corrected chi connectivity index (χ4v) is 4.92. The van der Waals surface area contributed by atoms with E-state index in [1.807, 2.05) is 0 Å². The third-order valence-electron chi connectivity index (χ3n) is 3.87. The monoisotopic (exact) mass is 383 g/mol. The van der Waals surface area contributed by atoms with Crippen molar-refractivity contribution in [3.8, 4) is 0 Å². The van der Waals surface area contributed by atoms with E-state index in [0.717, 1.165) is 4.32 Å². The van der Waals surface area contributed by atoms with Crippen LogP contribution in [0.1, 0.15) is 90.9 Å². The number of unbranched alkanes of at least 4 members (excludes halogenated alkanes) is 10. The summed E-state index contributed by atoms with van der Waals surface area (Å²) in [5.41, 5.74) is 5.92. The van der Waals surface area contributed by atoms with Gasteiger partial charge in [-0.05, 0) is 24.3 Å². The Hall–Kier alpha value is 0.863. The molecule has 0 unspecified atom stereocenters. The predicted molar refractivity (Wildman–Crippen MR) is 102 cm³/mol. The Morgan fingerprint density at radius 2 is 1.05 bits per heavy atom. The molecule has 0 saturated heterocycles. The standard InChI is InChI=1S/C17H37NS2.Zn/c1-3-5-7-9-11-13-15-20(17(18)19)16-14-12-10-8-6-4-2;/h20H,3-16H2,1-2H3,(H2,18,19);. The smallest absolute Gasteiger partial charge is 0.111 e. The molecule has 0 aromatic rings. The molecular formula is C17H37NS2Zn. The minimum atomic E-state index is -0.159. The molecule has 0 aromatic carbocycles. The van der Waals surface area contributed by atoms with Gasteiger partial charge in [-0.3, -0.25) is 0 Å². The summed E-state index contributed by atoms with van der Waals surface area (Å²) in [7, 11) is -0.159. The van der Waals surface area contributed by atoms with Crippen LogP contribution in [0, 0.1) is 0 Å². The van der Waals surface area contributed by atoms with Crippen molar-refractivity contribution in [3.63, 3.8) is 0 Å². The minimum Gasteiger partial charge on any atom is -0.386 e. The molecule has 124 valence electrons. The van der Waals surface area contributed by atoms with Gasteiger partial charge in [0.05, 0.1) is 0 Å². The van der Waals surface area contributed by atoms with Gasteiger partial charge in [-0.2, -0.15) is 0 Å². The summed E-state index contributed by atoms with van der Waals surface area (Å²) in [5.74, 6) is 2.57. The zero-order valence-electron chi connectivity index (χ0n) is 14.5. The molecule has 0 amide bonds. The fraction of sp³-hybridized carbons (Fsp3) is 0.941. The van der Waals surface area contributed by atoms with E-state index < -0.39 is 0 Å². The van der Waals surface area contributed by atoms with Crippen LogP contribution in [0.4, 0.5) is 0 Å². The molecular weight excluding hydrogens is 348 g/mol. The number of thiocarbonyl (C=S) groups is 1. The molecule has 2 N–H and O–H groups in total. The summed E-state index contributed by atoms with van der Waals surface area (Å²) in [6, 6.07) is 0. The third kappa shape index (κ3) is 17.1. The summed E-state index contributed by atoms with van der Waals surface area (Å²) in [4.78, 5) is 0. The minimum absolute atomic E-state index is 0. The van der Waals surface area contributed by atoms with Crippen LogP contribution in [-0.4, -0.2) is 15.8 Å². The maximum atomic E-state index is 5.92. The first-order valence-electron chi connectivity index (χ1n) is 8.76. The van der Waals surface area contributed by atoms with E-state index in [4.69, 9.17) is 18.0 Å². The molecule has 0 heterocycles. The number of hydrogen-bond acceptors (Lipinski definition) is 1. The van der Waals surface area contributed by atoms with Gasteiger partial charge in [0.15, 0.2) is 0 Å². The van der Waals surface area contributed by atoms with E-state index in [9.17, 15) is 0 Å². The van der Waals surface area contributed by atoms with E-state index in [2.05, 4.69) is 13.8 Å². The van der Waals surface area contributed by atoms with Crippen molar-refractivity contribution in [2.45, 2.75) is 90.9 Å². The van der Waals surface area contributed by atoms with Crippen LogP contribution in [0.15, 0.2) is 0 Å². The third-order valence-corrected chi connectivity index (χ3v) is 6.98. The van der Waals surface area contributed by atoms with E-state index in [1.54, 1.807) is 0 Å². The Kier molecular flexibility index (Phi) is 21.7. The molecule has 0 bridgehead atoms. The summed E-state index contributed by atoms with van der Waals surface area (Å²) in [5, 5.41) is 0. The van der Waals surface area contributed by atoms with Gasteiger partial charge in [-0.25, -0.2) is 10.9 Å². The van der Waals surface area contributed by atoms with Crippen LogP contribution in [0.5, 0.6) is 0 Å². The van der Waals surface area contributed by atoms with Crippen LogP contribution < -0.4 is 5.73 Å². The summed E-state index contributed by atoms with van der Waals surface area (Å²) >= 11 is 5.26. The quantitative estimate of drug-likeness (QED) is 0.167. The molecule has 4 heteroatoms. The molecule has 0 spiro atoms. The molecule has 0 radical (unpaired) electrons. The molecule has 0 aliphatic heterocycles. The van der Waals surface area contributed by atoms with Crippen molar-refractivity contribution in [3.05, 3.63) is 0 Å². The average Bonchev–Trinajstić information content (AvgIpc) is 2.43. The van der Waals surface area contributed by atoms with Gasteiger partial charge in [0.2, 0.25) is 0 Å². The van der Waals surface area contributed by atoms with E-state index >= 15 is 0 Å². The molecule has 0 atom stereocenters. The Balaban J connectivity index is 0. The van der Waals surface area contributed by atoms with Gasteiger partial charge in [0, 0.05) is 19.5 Å². The van der Waals surface area contributed by atoms with Crippen LogP contribution in [-0.2, 0) is 19.5 Å². The largest absolute Gasteiger partial charge is 0.386 e. The van der Waals surface area contributed by atoms with Crippen molar-refractivity contribution >= 4 is 27.4 Å². The van der Waals surface area contributed by atoms with Gasteiger partial charge in [0.1, 0.15) is 4.32 Å². The Morgan fingerprint density at radius 3 is 1.38 bits per heavy atom. The van der Waals surface area contributed by atoms with Gasteiger partial charge in [0.25, 0.3) is 0 Å². The SMILES string of the molecule is CCCCCCCC[SH](CCCCCCCC)C(N)=S.[Zn].